The van der Waals surface area contributed by atoms with Gasteiger partial charge in [0, 0.05) is 0 Å². The first kappa shape index (κ1) is 13.0. The molecule has 2 aromatic rings. The van der Waals surface area contributed by atoms with Crippen molar-refractivity contribution in [2.24, 2.45) is 0 Å². The fraction of sp³-hybridized carbons (Fsp3) is 0.0714. The normalized spacial score (nSPS) is 10.5. The van der Waals surface area contributed by atoms with Crippen molar-refractivity contribution in [3.8, 4) is 16.9 Å². The summed E-state index contributed by atoms with van der Waals surface area (Å²) in [7, 11) is 0. The average Bonchev–Trinajstić information content (AvgIpc) is 2.39. The van der Waals surface area contributed by atoms with Gasteiger partial charge in [0.25, 0.3) is 0 Å². The Balaban J connectivity index is 2.19. The number of halogens is 2. The van der Waals surface area contributed by atoms with Gasteiger partial charge in [0.2, 0.25) is 0 Å². The summed E-state index contributed by atoms with van der Waals surface area (Å²) in [6.45, 7) is -2.85. The molecule has 2 aromatic carbocycles. The molecular formula is C14H10F2O3. The third-order valence-corrected chi connectivity index (χ3v) is 2.54. The molecule has 0 bridgehead atoms. The van der Waals surface area contributed by atoms with Crippen LogP contribution in [0.2, 0.25) is 0 Å². The molecule has 0 aromatic heterocycles. The van der Waals surface area contributed by atoms with E-state index >= 15 is 0 Å². The Hall–Kier alpha value is -2.43. The van der Waals surface area contributed by atoms with Crippen molar-refractivity contribution < 1.29 is 23.4 Å². The number of carboxylic acid groups (broad SMARTS) is 1. The van der Waals surface area contributed by atoms with Crippen molar-refractivity contribution in [1.29, 1.82) is 0 Å². The van der Waals surface area contributed by atoms with Gasteiger partial charge in [-0.1, -0.05) is 24.3 Å². The predicted octanol–water partition coefficient (Wildman–Crippen LogP) is 3.65. The molecule has 0 heterocycles. The largest absolute Gasteiger partial charge is 0.478 e. The first-order valence-corrected chi connectivity index (χ1v) is 5.45. The summed E-state index contributed by atoms with van der Waals surface area (Å²) in [5, 5.41) is 8.78. The van der Waals surface area contributed by atoms with E-state index in [2.05, 4.69) is 4.74 Å². The Morgan fingerprint density at radius 2 is 1.42 bits per heavy atom. The number of rotatable bonds is 4. The highest BCUT2D eigenvalue weighted by atomic mass is 19.3. The fourth-order valence-electron chi connectivity index (χ4n) is 1.63. The summed E-state index contributed by atoms with van der Waals surface area (Å²) >= 11 is 0. The topological polar surface area (TPSA) is 46.5 Å². The van der Waals surface area contributed by atoms with E-state index in [1.54, 1.807) is 24.3 Å². The van der Waals surface area contributed by atoms with Crippen molar-refractivity contribution in [3.63, 3.8) is 0 Å². The molecule has 0 fully saturated rings. The molecule has 0 aliphatic rings. The van der Waals surface area contributed by atoms with E-state index in [9.17, 15) is 13.6 Å². The smallest absolute Gasteiger partial charge is 0.387 e. The van der Waals surface area contributed by atoms with Crippen LogP contribution >= 0.6 is 0 Å². The van der Waals surface area contributed by atoms with E-state index in [1.165, 1.54) is 24.3 Å². The summed E-state index contributed by atoms with van der Waals surface area (Å²) in [6, 6.07) is 12.4. The van der Waals surface area contributed by atoms with Crippen LogP contribution in [0, 0.1) is 0 Å². The summed E-state index contributed by atoms with van der Waals surface area (Å²) in [4.78, 5) is 10.7. The standard InChI is InChI=1S/C14H10F2O3/c15-14(16)19-12-7-5-10(6-8-12)9-1-3-11(4-2-9)13(17)18/h1-8,14H,(H,17,18). The van der Waals surface area contributed by atoms with E-state index in [-0.39, 0.29) is 11.3 Å². The zero-order valence-corrected chi connectivity index (χ0v) is 9.72. The van der Waals surface area contributed by atoms with Crippen molar-refractivity contribution in [2.45, 2.75) is 6.61 Å². The molecule has 0 aliphatic heterocycles. The average molecular weight is 264 g/mol. The first-order chi connectivity index (χ1) is 9.06. The van der Waals surface area contributed by atoms with Gasteiger partial charge in [0.15, 0.2) is 0 Å². The van der Waals surface area contributed by atoms with E-state index in [0.29, 0.717) is 0 Å². The maximum Gasteiger partial charge on any atom is 0.387 e. The molecule has 0 saturated heterocycles. The van der Waals surface area contributed by atoms with Gasteiger partial charge in [-0.25, -0.2) is 4.79 Å². The van der Waals surface area contributed by atoms with Gasteiger partial charge in [-0.15, -0.1) is 0 Å². The lowest BCUT2D eigenvalue weighted by Crippen LogP contribution is -2.01. The highest BCUT2D eigenvalue weighted by Gasteiger charge is 2.05. The van der Waals surface area contributed by atoms with Crippen LogP contribution in [-0.2, 0) is 0 Å². The molecular weight excluding hydrogens is 254 g/mol. The maximum absolute atomic E-state index is 12.0. The molecule has 2 rings (SSSR count). The molecule has 0 saturated carbocycles. The van der Waals surface area contributed by atoms with Gasteiger partial charge in [0.1, 0.15) is 5.75 Å². The van der Waals surface area contributed by atoms with Gasteiger partial charge in [-0.2, -0.15) is 8.78 Å². The van der Waals surface area contributed by atoms with Crippen molar-refractivity contribution in [2.75, 3.05) is 0 Å². The van der Waals surface area contributed by atoms with E-state index in [0.717, 1.165) is 11.1 Å². The minimum Gasteiger partial charge on any atom is -0.478 e. The second kappa shape index (κ2) is 5.48. The molecule has 0 unspecified atom stereocenters. The molecule has 1 N–H and O–H groups in total. The Labute approximate surface area is 108 Å². The molecule has 0 amide bonds. The molecule has 19 heavy (non-hydrogen) atoms. The highest BCUT2D eigenvalue weighted by molar-refractivity contribution is 5.88. The van der Waals surface area contributed by atoms with Crippen LogP contribution < -0.4 is 4.74 Å². The van der Waals surface area contributed by atoms with Gasteiger partial charge in [0.05, 0.1) is 5.56 Å². The third-order valence-electron chi connectivity index (χ3n) is 2.54. The van der Waals surface area contributed by atoms with Crippen LogP contribution in [0.5, 0.6) is 5.75 Å². The molecule has 5 heteroatoms. The lowest BCUT2D eigenvalue weighted by molar-refractivity contribution is -0.0498. The van der Waals surface area contributed by atoms with Crippen molar-refractivity contribution >= 4 is 5.97 Å². The number of ether oxygens (including phenoxy) is 1. The number of carbonyl (C=O) groups is 1. The minimum atomic E-state index is -2.85. The molecule has 98 valence electrons. The Kier molecular flexibility index (Phi) is 3.75. The number of hydrogen-bond donors (Lipinski definition) is 1. The quantitative estimate of drug-likeness (QED) is 0.916. The Morgan fingerprint density at radius 3 is 1.84 bits per heavy atom. The van der Waals surface area contributed by atoms with Crippen LogP contribution in [0.1, 0.15) is 10.4 Å². The molecule has 0 aliphatic carbocycles. The lowest BCUT2D eigenvalue weighted by atomic mass is 10.0. The summed E-state index contributed by atoms with van der Waals surface area (Å²) in [5.74, 6) is -0.909. The Morgan fingerprint density at radius 1 is 0.947 bits per heavy atom. The van der Waals surface area contributed by atoms with E-state index in [4.69, 9.17) is 5.11 Å². The summed E-state index contributed by atoms with van der Waals surface area (Å²) in [5.41, 5.74) is 1.79. The SMILES string of the molecule is O=C(O)c1ccc(-c2ccc(OC(F)F)cc2)cc1. The van der Waals surface area contributed by atoms with Gasteiger partial charge < -0.3 is 9.84 Å². The van der Waals surface area contributed by atoms with Crippen molar-refractivity contribution in [1.82, 2.24) is 0 Å². The van der Waals surface area contributed by atoms with Gasteiger partial charge in [-0.05, 0) is 35.4 Å². The molecule has 3 nitrogen and oxygen atoms in total. The fourth-order valence-corrected chi connectivity index (χ4v) is 1.63. The monoisotopic (exact) mass is 264 g/mol. The number of benzene rings is 2. The second-order valence-electron chi connectivity index (χ2n) is 3.79. The number of aromatic carboxylic acids is 1. The lowest BCUT2D eigenvalue weighted by Gasteiger charge is -2.06. The Bertz CT molecular complexity index is 562. The third kappa shape index (κ3) is 3.28. The minimum absolute atomic E-state index is 0.0842. The molecule has 0 radical (unpaired) electrons. The van der Waals surface area contributed by atoms with Gasteiger partial charge in [-0.3, -0.25) is 0 Å². The number of alkyl halides is 2. The van der Waals surface area contributed by atoms with Gasteiger partial charge >= 0.3 is 12.6 Å². The van der Waals surface area contributed by atoms with E-state index < -0.39 is 12.6 Å². The zero-order chi connectivity index (χ0) is 13.8. The van der Waals surface area contributed by atoms with Crippen LogP contribution in [0.4, 0.5) is 8.78 Å². The predicted molar refractivity (Wildman–Crippen MR) is 65.5 cm³/mol. The molecule has 0 spiro atoms. The highest BCUT2D eigenvalue weighted by Crippen LogP contribution is 2.23. The first-order valence-electron chi connectivity index (χ1n) is 5.45. The summed E-state index contributed by atoms with van der Waals surface area (Å²) < 4.78 is 28.2. The number of carboxylic acids is 1. The van der Waals surface area contributed by atoms with Crippen LogP contribution in [0.3, 0.4) is 0 Å². The maximum atomic E-state index is 12.0. The van der Waals surface area contributed by atoms with E-state index in [1.807, 2.05) is 0 Å². The van der Waals surface area contributed by atoms with Crippen LogP contribution in [0.15, 0.2) is 48.5 Å². The van der Waals surface area contributed by atoms with Crippen molar-refractivity contribution in [3.05, 3.63) is 54.1 Å². The molecule has 0 atom stereocenters. The van der Waals surface area contributed by atoms with Crippen LogP contribution in [0.25, 0.3) is 11.1 Å². The zero-order valence-electron chi connectivity index (χ0n) is 9.72. The second-order valence-corrected chi connectivity index (χ2v) is 3.79. The van der Waals surface area contributed by atoms with Crippen LogP contribution in [-0.4, -0.2) is 17.7 Å². The summed E-state index contributed by atoms with van der Waals surface area (Å²) in [6.07, 6.45) is 0. The number of hydrogen-bond acceptors (Lipinski definition) is 2.